The van der Waals surface area contributed by atoms with Crippen molar-refractivity contribution in [3.05, 3.63) is 78.4 Å². The number of hydrogen-bond donors (Lipinski definition) is 2. The van der Waals surface area contributed by atoms with Crippen LogP contribution in [0.5, 0.6) is 5.75 Å². The molecule has 3 heterocycles. The molecule has 3 aromatic heterocycles. The summed E-state index contributed by atoms with van der Waals surface area (Å²) in [4.78, 5) is 15.0. The van der Waals surface area contributed by atoms with E-state index in [1.165, 1.54) is 0 Å². The smallest absolute Gasteiger partial charge is 0.240 e. The van der Waals surface area contributed by atoms with E-state index in [4.69, 9.17) is 14.7 Å². The van der Waals surface area contributed by atoms with Crippen molar-refractivity contribution in [2.45, 2.75) is 11.3 Å². The summed E-state index contributed by atoms with van der Waals surface area (Å²) in [5.74, 6) is 1.24. The van der Waals surface area contributed by atoms with Crippen molar-refractivity contribution in [2.24, 2.45) is 0 Å². The van der Waals surface area contributed by atoms with E-state index in [2.05, 4.69) is 15.0 Å². The topological polar surface area (TPSA) is 111 Å². The fraction of sp³-hybridized carbons (Fsp3) is 0.160. The highest BCUT2D eigenvalue weighted by Crippen LogP contribution is 2.34. The van der Waals surface area contributed by atoms with Crippen molar-refractivity contribution in [3.63, 3.8) is 0 Å². The molecule has 0 unspecified atom stereocenters. The minimum Gasteiger partial charge on any atom is -0.497 e. The molecule has 0 radical (unpaired) electrons. The SMILES string of the molecule is COc1ccc(-c2nc3sccn3c2-c2ccnc(NCCCNS(=O)(=O)c3ccccc3)n2)cc1. The molecule has 0 saturated carbocycles. The second-order valence-corrected chi connectivity index (χ2v) is 10.5. The molecular weight excluding hydrogens is 496 g/mol. The average molecular weight is 521 g/mol. The maximum Gasteiger partial charge on any atom is 0.240 e. The second-order valence-electron chi connectivity index (χ2n) is 7.85. The maximum atomic E-state index is 12.3. The van der Waals surface area contributed by atoms with Crippen LogP contribution >= 0.6 is 11.3 Å². The van der Waals surface area contributed by atoms with Crippen molar-refractivity contribution < 1.29 is 13.2 Å². The third kappa shape index (κ3) is 5.08. The molecule has 9 nitrogen and oxygen atoms in total. The molecule has 0 spiro atoms. The summed E-state index contributed by atoms with van der Waals surface area (Å²) in [5.41, 5.74) is 3.39. The van der Waals surface area contributed by atoms with E-state index in [0.717, 1.165) is 33.4 Å². The number of methoxy groups -OCH3 is 1. The van der Waals surface area contributed by atoms with E-state index < -0.39 is 10.0 Å². The molecule has 0 aliphatic carbocycles. The van der Waals surface area contributed by atoms with Crippen LogP contribution in [0.15, 0.2) is 83.3 Å². The molecule has 0 saturated heterocycles. The number of imidazole rings is 1. The number of sulfonamides is 1. The highest BCUT2D eigenvalue weighted by atomic mass is 32.2. The van der Waals surface area contributed by atoms with E-state index in [1.807, 2.05) is 46.3 Å². The molecule has 0 aliphatic heterocycles. The number of fused-ring (bicyclic) bond motifs is 1. The standard InChI is InChI=1S/C25H24N6O3S2/c1-34-19-10-8-18(9-11-19)22-23(31-16-17-35-25(31)30-22)21-12-15-27-24(29-21)26-13-5-14-28-36(32,33)20-6-3-2-4-7-20/h2-4,6-12,15-17,28H,5,13-14H2,1H3,(H,26,27,29). The number of anilines is 1. The highest BCUT2D eigenvalue weighted by molar-refractivity contribution is 7.89. The number of benzene rings is 2. The van der Waals surface area contributed by atoms with Crippen LogP contribution < -0.4 is 14.8 Å². The molecule has 5 aromatic rings. The van der Waals surface area contributed by atoms with Gasteiger partial charge in [-0.3, -0.25) is 4.40 Å². The summed E-state index contributed by atoms with van der Waals surface area (Å²) >= 11 is 1.56. The van der Waals surface area contributed by atoms with E-state index in [9.17, 15) is 8.42 Å². The van der Waals surface area contributed by atoms with Crippen LogP contribution in [-0.2, 0) is 10.0 Å². The summed E-state index contributed by atoms with van der Waals surface area (Å²) in [6, 6.07) is 17.9. The van der Waals surface area contributed by atoms with Gasteiger partial charge in [0.25, 0.3) is 0 Å². The molecule has 11 heteroatoms. The molecule has 0 amide bonds. The molecule has 0 aliphatic rings. The van der Waals surface area contributed by atoms with Gasteiger partial charge in [-0.15, -0.1) is 11.3 Å². The third-order valence-corrected chi connectivity index (χ3v) is 7.74. The molecule has 0 bridgehead atoms. The van der Waals surface area contributed by atoms with E-state index in [0.29, 0.717) is 25.5 Å². The lowest BCUT2D eigenvalue weighted by atomic mass is 10.1. The first kappa shape index (κ1) is 23.9. The van der Waals surface area contributed by atoms with Gasteiger partial charge in [-0.2, -0.15) is 0 Å². The number of thiazole rings is 1. The van der Waals surface area contributed by atoms with Gasteiger partial charge in [-0.25, -0.2) is 28.1 Å². The molecule has 2 N–H and O–H groups in total. The first-order valence-corrected chi connectivity index (χ1v) is 13.6. The quantitative estimate of drug-likeness (QED) is 0.264. The van der Waals surface area contributed by atoms with Crippen LogP contribution in [-0.4, -0.2) is 48.0 Å². The van der Waals surface area contributed by atoms with Gasteiger partial charge >= 0.3 is 0 Å². The molecule has 184 valence electrons. The molecular formula is C25H24N6O3S2. The van der Waals surface area contributed by atoms with E-state index >= 15 is 0 Å². The van der Waals surface area contributed by atoms with E-state index in [1.54, 1.807) is 55.0 Å². The van der Waals surface area contributed by atoms with Gasteiger partial charge < -0.3 is 10.1 Å². The summed E-state index contributed by atoms with van der Waals surface area (Å²) in [6.07, 6.45) is 4.24. The Balaban J connectivity index is 1.29. The largest absolute Gasteiger partial charge is 0.497 e. The molecule has 0 fully saturated rings. The second kappa shape index (κ2) is 10.4. The van der Waals surface area contributed by atoms with Gasteiger partial charge in [-0.1, -0.05) is 18.2 Å². The minimum absolute atomic E-state index is 0.252. The molecule has 2 aromatic carbocycles. The van der Waals surface area contributed by atoms with Crippen molar-refractivity contribution in [2.75, 3.05) is 25.5 Å². The van der Waals surface area contributed by atoms with Gasteiger partial charge in [0.15, 0.2) is 4.96 Å². The number of rotatable bonds is 10. The van der Waals surface area contributed by atoms with E-state index in [-0.39, 0.29) is 4.90 Å². The Morgan fingerprint density at radius 3 is 2.58 bits per heavy atom. The lowest BCUT2D eigenvalue weighted by Crippen LogP contribution is -2.26. The molecule has 5 rings (SSSR count). The fourth-order valence-electron chi connectivity index (χ4n) is 3.73. The highest BCUT2D eigenvalue weighted by Gasteiger charge is 2.18. The first-order valence-electron chi connectivity index (χ1n) is 11.3. The number of nitrogens with zero attached hydrogens (tertiary/aromatic N) is 4. The van der Waals surface area contributed by atoms with Crippen molar-refractivity contribution in [1.29, 1.82) is 0 Å². The Labute approximate surface area is 212 Å². The van der Waals surface area contributed by atoms with Crippen LogP contribution in [0.2, 0.25) is 0 Å². The van der Waals surface area contributed by atoms with Gasteiger partial charge in [0.05, 0.1) is 23.4 Å². The number of nitrogens with one attached hydrogen (secondary N) is 2. The average Bonchev–Trinajstić information content (AvgIpc) is 3.51. The Morgan fingerprint density at radius 1 is 1.00 bits per heavy atom. The van der Waals surface area contributed by atoms with Crippen LogP contribution in [0.3, 0.4) is 0 Å². The van der Waals surface area contributed by atoms with Crippen LogP contribution in [0.25, 0.3) is 27.6 Å². The Bertz CT molecular complexity index is 1560. The molecule has 0 atom stereocenters. The summed E-state index contributed by atoms with van der Waals surface area (Å²) in [5, 5.41) is 5.18. The normalized spacial score (nSPS) is 11.6. The van der Waals surface area contributed by atoms with Crippen molar-refractivity contribution in [3.8, 4) is 28.4 Å². The third-order valence-electron chi connectivity index (χ3n) is 5.51. The maximum absolute atomic E-state index is 12.3. The Kier molecular flexibility index (Phi) is 6.94. The monoisotopic (exact) mass is 520 g/mol. The van der Waals surface area contributed by atoms with Gasteiger partial charge in [0, 0.05) is 36.4 Å². The summed E-state index contributed by atoms with van der Waals surface area (Å²) in [7, 11) is -1.88. The Morgan fingerprint density at radius 2 is 1.81 bits per heavy atom. The molecule has 36 heavy (non-hydrogen) atoms. The first-order chi connectivity index (χ1) is 17.5. The van der Waals surface area contributed by atoms with Crippen molar-refractivity contribution >= 4 is 32.3 Å². The zero-order chi connectivity index (χ0) is 25.0. The number of hydrogen-bond acceptors (Lipinski definition) is 8. The lowest BCUT2D eigenvalue weighted by Gasteiger charge is -2.09. The van der Waals surface area contributed by atoms with Crippen LogP contribution in [0.4, 0.5) is 5.95 Å². The van der Waals surface area contributed by atoms with Gasteiger partial charge in [-0.05, 0) is 48.9 Å². The fourth-order valence-corrected chi connectivity index (χ4v) is 5.54. The predicted octanol–water partition coefficient (Wildman–Crippen LogP) is 4.31. The van der Waals surface area contributed by atoms with Crippen LogP contribution in [0, 0.1) is 0 Å². The zero-order valence-corrected chi connectivity index (χ0v) is 21.1. The van der Waals surface area contributed by atoms with Crippen LogP contribution in [0.1, 0.15) is 6.42 Å². The lowest BCUT2D eigenvalue weighted by molar-refractivity contribution is 0.415. The predicted molar refractivity (Wildman–Crippen MR) is 141 cm³/mol. The zero-order valence-electron chi connectivity index (χ0n) is 19.5. The minimum atomic E-state index is -3.52. The van der Waals surface area contributed by atoms with Crippen molar-refractivity contribution in [1.82, 2.24) is 24.1 Å². The van der Waals surface area contributed by atoms with Gasteiger partial charge in [0.2, 0.25) is 16.0 Å². The number of ether oxygens (including phenoxy) is 1. The number of aromatic nitrogens is 4. The Hall–Kier alpha value is -3.80. The summed E-state index contributed by atoms with van der Waals surface area (Å²) < 4.78 is 34.6. The van der Waals surface area contributed by atoms with Gasteiger partial charge in [0.1, 0.15) is 11.4 Å². The summed E-state index contributed by atoms with van der Waals surface area (Å²) in [6.45, 7) is 0.802.